The summed E-state index contributed by atoms with van der Waals surface area (Å²) in [6, 6.07) is 0.566. The summed E-state index contributed by atoms with van der Waals surface area (Å²) in [4.78, 5) is 0. The van der Waals surface area contributed by atoms with E-state index in [0.717, 1.165) is 17.8 Å². The average molecular weight is 216 g/mol. The number of halogens is 1. The second kappa shape index (κ2) is 3.38. The first-order chi connectivity index (χ1) is 6.22. The van der Waals surface area contributed by atoms with Crippen LogP contribution in [0.15, 0.2) is 0 Å². The van der Waals surface area contributed by atoms with E-state index in [-0.39, 0.29) is 12.4 Å². The number of nitrogens with two attached hydrogens (primary N) is 1. The summed E-state index contributed by atoms with van der Waals surface area (Å²) in [6.07, 6.45) is 8.71. The maximum absolute atomic E-state index is 6.42. The number of hydrogen-bond donors (Lipinski definition) is 1. The molecule has 0 aromatic rings. The van der Waals surface area contributed by atoms with Gasteiger partial charge < -0.3 is 5.73 Å². The smallest absolute Gasteiger partial charge is 0.0127 e. The van der Waals surface area contributed by atoms with Gasteiger partial charge in [0.25, 0.3) is 0 Å². The van der Waals surface area contributed by atoms with Crippen LogP contribution < -0.4 is 5.73 Å². The Labute approximate surface area is 93.2 Å². The first-order valence-corrected chi connectivity index (χ1v) is 5.98. The van der Waals surface area contributed by atoms with Crippen LogP contribution in [-0.2, 0) is 0 Å². The van der Waals surface area contributed by atoms with E-state index in [1.54, 1.807) is 0 Å². The fraction of sp³-hybridized carbons (Fsp3) is 1.00. The van der Waals surface area contributed by atoms with Gasteiger partial charge in [0.1, 0.15) is 0 Å². The molecule has 2 heteroatoms. The number of rotatable bonds is 0. The molecular weight excluding hydrogens is 194 g/mol. The molecule has 2 bridgehead atoms. The molecule has 0 radical (unpaired) electrons. The summed E-state index contributed by atoms with van der Waals surface area (Å²) < 4.78 is 0. The zero-order valence-electron chi connectivity index (χ0n) is 9.04. The normalized spacial score (nSPS) is 55.3. The standard InChI is InChI=1S/C12H21N.ClH/c1-8-4-5-12(7-8)10-3-2-9(6-10)11(12)13;/h8-11H,2-7,13H2,1H3;1H/t8-,9+,10-,11+,12-;/m0./s1. The Balaban J connectivity index is 0.000000750. The van der Waals surface area contributed by atoms with Crippen LogP contribution in [0.1, 0.15) is 45.4 Å². The molecule has 0 aromatic heterocycles. The van der Waals surface area contributed by atoms with Crippen molar-refractivity contribution in [3.8, 4) is 0 Å². The van der Waals surface area contributed by atoms with Gasteiger partial charge in [0.2, 0.25) is 0 Å². The molecule has 3 aliphatic rings. The average Bonchev–Trinajstić information content (AvgIpc) is 2.73. The molecule has 5 atom stereocenters. The molecule has 3 rings (SSSR count). The largest absolute Gasteiger partial charge is 0.327 e. The molecular formula is C12H22ClN. The Bertz CT molecular complexity index is 226. The molecule has 3 saturated carbocycles. The molecule has 0 aromatic carbocycles. The van der Waals surface area contributed by atoms with Gasteiger partial charge in [-0.15, -0.1) is 12.4 Å². The van der Waals surface area contributed by atoms with Crippen LogP contribution in [-0.4, -0.2) is 6.04 Å². The highest BCUT2D eigenvalue weighted by Crippen LogP contribution is 2.62. The van der Waals surface area contributed by atoms with Gasteiger partial charge in [-0.2, -0.15) is 0 Å². The molecule has 82 valence electrons. The van der Waals surface area contributed by atoms with Crippen molar-refractivity contribution in [2.24, 2.45) is 28.9 Å². The van der Waals surface area contributed by atoms with Crippen molar-refractivity contribution in [3.05, 3.63) is 0 Å². The van der Waals surface area contributed by atoms with Crippen LogP contribution in [0.3, 0.4) is 0 Å². The molecule has 3 aliphatic carbocycles. The van der Waals surface area contributed by atoms with E-state index in [4.69, 9.17) is 5.73 Å². The lowest BCUT2D eigenvalue weighted by molar-refractivity contribution is 0.134. The maximum Gasteiger partial charge on any atom is 0.0127 e. The second-order valence-electron chi connectivity index (χ2n) is 5.88. The molecule has 1 spiro atoms. The van der Waals surface area contributed by atoms with Crippen molar-refractivity contribution in [3.63, 3.8) is 0 Å². The SMILES string of the molecule is C[C@H]1CC[C@]2(C1)[C@H]1CC[C@H](C1)[C@H]2N.Cl. The Morgan fingerprint density at radius 3 is 2.50 bits per heavy atom. The van der Waals surface area contributed by atoms with E-state index in [1.807, 2.05) is 0 Å². The summed E-state index contributed by atoms with van der Waals surface area (Å²) in [5.74, 6) is 2.86. The molecule has 3 fully saturated rings. The minimum atomic E-state index is 0. The van der Waals surface area contributed by atoms with Crippen molar-refractivity contribution in [2.75, 3.05) is 0 Å². The number of fused-ring (bicyclic) bond motifs is 3. The van der Waals surface area contributed by atoms with Crippen LogP contribution in [0.25, 0.3) is 0 Å². The summed E-state index contributed by atoms with van der Waals surface area (Å²) in [5, 5.41) is 0. The van der Waals surface area contributed by atoms with Crippen LogP contribution in [0, 0.1) is 23.2 Å². The highest BCUT2D eigenvalue weighted by atomic mass is 35.5. The van der Waals surface area contributed by atoms with Crippen LogP contribution in [0.4, 0.5) is 0 Å². The minimum absolute atomic E-state index is 0. The molecule has 0 unspecified atom stereocenters. The van der Waals surface area contributed by atoms with Gasteiger partial charge in [0.05, 0.1) is 0 Å². The third-order valence-corrected chi connectivity index (χ3v) is 5.29. The van der Waals surface area contributed by atoms with E-state index in [1.165, 1.54) is 38.5 Å². The van der Waals surface area contributed by atoms with Gasteiger partial charge in [-0.1, -0.05) is 13.3 Å². The predicted molar refractivity (Wildman–Crippen MR) is 61.5 cm³/mol. The zero-order chi connectivity index (χ0) is 9.05. The van der Waals surface area contributed by atoms with E-state index in [2.05, 4.69) is 6.92 Å². The molecule has 2 N–H and O–H groups in total. The monoisotopic (exact) mass is 215 g/mol. The zero-order valence-corrected chi connectivity index (χ0v) is 9.85. The molecule has 14 heavy (non-hydrogen) atoms. The first-order valence-electron chi connectivity index (χ1n) is 5.98. The third-order valence-electron chi connectivity index (χ3n) is 5.29. The Hall–Kier alpha value is 0.250. The Morgan fingerprint density at radius 1 is 1.21 bits per heavy atom. The Morgan fingerprint density at radius 2 is 2.00 bits per heavy atom. The van der Waals surface area contributed by atoms with E-state index >= 15 is 0 Å². The fourth-order valence-corrected chi connectivity index (χ4v) is 4.65. The van der Waals surface area contributed by atoms with Crippen LogP contribution >= 0.6 is 12.4 Å². The quantitative estimate of drug-likeness (QED) is 0.661. The van der Waals surface area contributed by atoms with Crippen molar-refractivity contribution in [1.82, 2.24) is 0 Å². The topological polar surface area (TPSA) is 26.0 Å². The predicted octanol–water partition coefficient (Wildman–Crippen LogP) is 2.97. The highest BCUT2D eigenvalue weighted by Gasteiger charge is 2.58. The Kier molecular flexibility index (Phi) is 2.60. The summed E-state index contributed by atoms with van der Waals surface area (Å²) in [7, 11) is 0. The van der Waals surface area contributed by atoms with Crippen molar-refractivity contribution in [1.29, 1.82) is 0 Å². The van der Waals surface area contributed by atoms with E-state index in [0.29, 0.717) is 11.5 Å². The highest BCUT2D eigenvalue weighted by molar-refractivity contribution is 5.85. The molecule has 1 nitrogen and oxygen atoms in total. The van der Waals surface area contributed by atoms with Gasteiger partial charge in [-0.05, 0) is 55.3 Å². The van der Waals surface area contributed by atoms with Gasteiger partial charge >= 0.3 is 0 Å². The fourth-order valence-electron chi connectivity index (χ4n) is 4.65. The maximum atomic E-state index is 6.42. The van der Waals surface area contributed by atoms with Gasteiger partial charge in [0, 0.05) is 6.04 Å². The molecule has 0 aliphatic heterocycles. The minimum Gasteiger partial charge on any atom is -0.327 e. The van der Waals surface area contributed by atoms with E-state index < -0.39 is 0 Å². The molecule has 0 amide bonds. The third kappa shape index (κ3) is 1.18. The summed E-state index contributed by atoms with van der Waals surface area (Å²) in [5.41, 5.74) is 7.04. The summed E-state index contributed by atoms with van der Waals surface area (Å²) >= 11 is 0. The van der Waals surface area contributed by atoms with Gasteiger partial charge in [-0.25, -0.2) is 0 Å². The van der Waals surface area contributed by atoms with Gasteiger partial charge in [-0.3, -0.25) is 0 Å². The van der Waals surface area contributed by atoms with E-state index in [9.17, 15) is 0 Å². The second-order valence-corrected chi connectivity index (χ2v) is 5.88. The molecule has 0 heterocycles. The number of hydrogen-bond acceptors (Lipinski definition) is 1. The molecule has 0 saturated heterocycles. The first kappa shape index (κ1) is 10.8. The van der Waals surface area contributed by atoms with Crippen molar-refractivity contribution in [2.45, 2.75) is 51.5 Å². The summed E-state index contributed by atoms with van der Waals surface area (Å²) in [6.45, 7) is 2.41. The van der Waals surface area contributed by atoms with Crippen LogP contribution in [0.5, 0.6) is 0 Å². The lowest BCUT2D eigenvalue weighted by Gasteiger charge is -2.39. The van der Waals surface area contributed by atoms with Gasteiger partial charge in [0.15, 0.2) is 0 Å². The lowest BCUT2D eigenvalue weighted by Crippen LogP contribution is -2.44. The van der Waals surface area contributed by atoms with Crippen LogP contribution in [0.2, 0.25) is 0 Å². The van der Waals surface area contributed by atoms with Crippen molar-refractivity contribution < 1.29 is 0 Å². The lowest BCUT2D eigenvalue weighted by atomic mass is 9.68. The van der Waals surface area contributed by atoms with Crippen molar-refractivity contribution >= 4 is 12.4 Å².